The van der Waals surface area contributed by atoms with E-state index in [0.717, 1.165) is 12.2 Å². The summed E-state index contributed by atoms with van der Waals surface area (Å²) in [6, 6.07) is 8.10. The molecule has 8 heteroatoms. The van der Waals surface area contributed by atoms with E-state index in [0.29, 0.717) is 32.0 Å². The maximum Gasteiger partial charge on any atom is 0.233 e. The van der Waals surface area contributed by atoms with Crippen molar-refractivity contribution in [2.24, 2.45) is 28.7 Å². The lowest BCUT2D eigenvalue weighted by molar-refractivity contribution is -0.140. The number of rotatable bonds is 8. The monoisotopic (exact) mass is 566 g/mol. The van der Waals surface area contributed by atoms with E-state index < -0.39 is 0 Å². The molecule has 2 N–H and O–H groups in total. The first-order chi connectivity index (χ1) is 15.4. The van der Waals surface area contributed by atoms with E-state index in [-0.39, 0.29) is 64.9 Å². The Bertz CT molecular complexity index is 915. The Morgan fingerprint density at radius 3 is 2.42 bits per heavy atom. The van der Waals surface area contributed by atoms with Crippen molar-refractivity contribution in [3.05, 3.63) is 42.0 Å². The van der Waals surface area contributed by atoms with Crippen LogP contribution in [0.15, 0.2) is 41.4 Å². The zero-order chi connectivity index (χ0) is 22.9. The lowest BCUT2D eigenvalue weighted by atomic mass is 9.84. The molecule has 1 heterocycles. The van der Waals surface area contributed by atoms with Gasteiger partial charge in [-0.25, -0.2) is 0 Å². The minimum absolute atomic E-state index is 0. The van der Waals surface area contributed by atoms with Gasteiger partial charge in [-0.15, -0.1) is 24.0 Å². The number of carbonyl (C=O) groups excluding carboxylic acids is 2. The lowest BCUT2D eigenvalue weighted by Gasteiger charge is -2.27. The molecule has 4 unspecified atom stereocenters. The van der Waals surface area contributed by atoms with E-state index in [1.54, 1.807) is 14.2 Å². The summed E-state index contributed by atoms with van der Waals surface area (Å²) in [6.07, 6.45) is 5.92. The van der Waals surface area contributed by atoms with Crippen LogP contribution in [-0.2, 0) is 15.0 Å². The summed E-state index contributed by atoms with van der Waals surface area (Å²) in [4.78, 5) is 31.3. The number of nitrogens with one attached hydrogen (secondary N) is 2. The van der Waals surface area contributed by atoms with Gasteiger partial charge in [-0.2, -0.15) is 0 Å². The number of amides is 2. The third-order valence-electron chi connectivity index (χ3n) is 7.19. The Morgan fingerprint density at radius 2 is 1.82 bits per heavy atom. The molecule has 0 aromatic heterocycles. The average Bonchev–Trinajstić information content (AvgIpc) is 3.48. The van der Waals surface area contributed by atoms with Crippen molar-refractivity contribution >= 4 is 41.8 Å². The van der Waals surface area contributed by atoms with Crippen molar-refractivity contribution < 1.29 is 14.3 Å². The molecule has 0 radical (unpaired) electrons. The predicted molar refractivity (Wildman–Crippen MR) is 140 cm³/mol. The zero-order valence-corrected chi connectivity index (χ0v) is 22.2. The Labute approximate surface area is 213 Å². The Morgan fingerprint density at radius 1 is 1.15 bits per heavy atom. The van der Waals surface area contributed by atoms with Crippen LogP contribution in [-0.4, -0.2) is 56.5 Å². The van der Waals surface area contributed by atoms with Crippen LogP contribution in [0, 0.1) is 23.7 Å². The number of carbonyl (C=O) groups is 2. The highest BCUT2D eigenvalue weighted by molar-refractivity contribution is 14.0. The maximum absolute atomic E-state index is 12.8. The molecule has 4 rings (SSSR count). The van der Waals surface area contributed by atoms with Gasteiger partial charge < -0.3 is 15.4 Å². The molecule has 4 atom stereocenters. The number of likely N-dealkylation sites (tertiary alicyclic amines) is 1. The quantitative estimate of drug-likeness (QED) is 0.126. The van der Waals surface area contributed by atoms with Crippen LogP contribution in [0.2, 0.25) is 0 Å². The molecule has 2 fully saturated rings. The summed E-state index contributed by atoms with van der Waals surface area (Å²) in [6.45, 7) is 6.14. The second kappa shape index (κ2) is 10.4. The number of hydrogen-bond acceptors (Lipinski definition) is 4. The van der Waals surface area contributed by atoms with Crippen molar-refractivity contribution in [3.63, 3.8) is 0 Å². The zero-order valence-electron chi connectivity index (χ0n) is 19.8. The van der Waals surface area contributed by atoms with Crippen LogP contribution in [0.1, 0.15) is 32.3 Å². The number of imide groups is 1. The first-order valence-corrected chi connectivity index (χ1v) is 11.5. The summed E-state index contributed by atoms with van der Waals surface area (Å²) >= 11 is 0. The van der Waals surface area contributed by atoms with Crippen LogP contribution in [0.5, 0.6) is 5.75 Å². The van der Waals surface area contributed by atoms with Gasteiger partial charge in [0.1, 0.15) is 5.75 Å². The fourth-order valence-corrected chi connectivity index (χ4v) is 5.30. The van der Waals surface area contributed by atoms with Crippen molar-refractivity contribution in [2.45, 2.75) is 32.1 Å². The highest BCUT2D eigenvalue weighted by atomic mass is 127. The fraction of sp³-hybridized carbons (Fsp3) is 0.560. The number of halogens is 1. The minimum atomic E-state index is -0.119. The van der Waals surface area contributed by atoms with Crippen LogP contribution in [0.25, 0.3) is 0 Å². The smallest absolute Gasteiger partial charge is 0.233 e. The SMILES string of the molecule is CN=C(NCCCN1C(=O)C2C3C=CC(C3)C2C1=O)NCC(C)(C)c1cccc(OC)c1.I. The number of ether oxygens (including phenoxy) is 1. The molecule has 180 valence electrons. The number of hydrogen-bond donors (Lipinski definition) is 2. The molecule has 2 aliphatic carbocycles. The molecule has 3 aliphatic rings. The second-order valence-corrected chi connectivity index (χ2v) is 9.65. The third-order valence-corrected chi connectivity index (χ3v) is 7.19. The number of nitrogens with zero attached hydrogens (tertiary/aromatic N) is 2. The molecule has 1 aromatic carbocycles. The van der Waals surface area contributed by atoms with E-state index in [4.69, 9.17) is 4.74 Å². The number of methoxy groups -OCH3 is 1. The third kappa shape index (κ3) is 5.05. The van der Waals surface area contributed by atoms with Crippen molar-refractivity contribution in [2.75, 3.05) is 33.8 Å². The summed E-state index contributed by atoms with van der Waals surface area (Å²) in [5.74, 6) is 1.91. The molecule has 1 aliphatic heterocycles. The van der Waals surface area contributed by atoms with E-state index in [1.165, 1.54) is 10.5 Å². The highest BCUT2D eigenvalue weighted by Gasteiger charge is 2.58. The summed E-state index contributed by atoms with van der Waals surface area (Å²) in [5, 5.41) is 6.69. The van der Waals surface area contributed by atoms with E-state index >= 15 is 0 Å². The topological polar surface area (TPSA) is 83.0 Å². The minimum Gasteiger partial charge on any atom is -0.497 e. The molecule has 1 saturated carbocycles. The Hall–Kier alpha value is -2.10. The van der Waals surface area contributed by atoms with Gasteiger partial charge >= 0.3 is 0 Å². The second-order valence-electron chi connectivity index (χ2n) is 9.65. The van der Waals surface area contributed by atoms with Gasteiger partial charge in [-0.3, -0.25) is 19.5 Å². The number of aliphatic imine (C=N–C) groups is 1. The van der Waals surface area contributed by atoms with Crippen molar-refractivity contribution in [1.82, 2.24) is 15.5 Å². The fourth-order valence-electron chi connectivity index (χ4n) is 5.30. The van der Waals surface area contributed by atoms with Crippen LogP contribution < -0.4 is 15.4 Å². The molecule has 1 aromatic rings. The predicted octanol–water partition coefficient (Wildman–Crippen LogP) is 2.95. The largest absolute Gasteiger partial charge is 0.497 e. The lowest BCUT2D eigenvalue weighted by Crippen LogP contribution is -2.44. The molecular formula is C25H35IN4O3. The van der Waals surface area contributed by atoms with Gasteiger partial charge in [0.05, 0.1) is 18.9 Å². The van der Waals surface area contributed by atoms with Crippen LogP contribution >= 0.6 is 24.0 Å². The van der Waals surface area contributed by atoms with Gasteiger partial charge in [0, 0.05) is 32.1 Å². The molecule has 1 saturated heterocycles. The van der Waals surface area contributed by atoms with Gasteiger partial charge in [-0.1, -0.05) is 38.1 Å². The Kier molecular flexibility index (Phi) is 8.08. The van der Waals surface area contributed by atoms with Gasteiger partial charge in [0.25, 0.3) is 0 Å². The molecular weight excluding hydrogens is 531 g/mol. The first-order valence-electron chi connectivity index (χ1n) is 11.5. The molecule has 0 spiro atoms. The summed E-state index contributed by atoms with van der Waals surface area (Å²) in [5.41, 5.74) is 1.06. The van der Waals surface area contributed by atoms with Crippen LogP contribution in [0.3, 0.4) is 0 Å². The summed E-state index contributed by atoms with van der Waals surface area (Å²) < 4.78 is 5.35. The number of allylic oxidation sites excluding steroid dienone is 2. The number of guanidine groups is 1. The molecule has 2 bridgehead atoms. The average molecular weight is 566 g/mol. The van der Waals surface area contributed by atoms with E-state index in [9.17, 15) is 9.59 Å². The first kappa shape index (κ1) is 25.5. The normalized spacial score (nSPS) is 25.8. The van der Waals surface area contributed by atoms with Gasteiger partial charge in [-0.05, 0) is 42.4 Å². The maximum atomic E-state index is 12.8. The number of fused-ring (bicyclic) bond motifs is 5. The molecule has 7 nitrogen and oxygen atoms in total. The van der Waals surface area contributed by atoms with Crippen LogP contribution in [0.4, 0.5) is 0 Å². The Balaban J connectivity index is 0.00000306. The van der Waals surface area contributed by atoms with Gasteiger partial charge in [0.15, 0.2) is 5.96 Å². The van der Waals surface area contributed by atoms with E-state index in [1.807, 2.05) is 12.1 Å². The standard InChI is InChI=1S/C25H34N4O3.HI/c1-25(2,18-7-5-8-19(14-18)32-4)15-28-24(26-3)27-11-6-12-29-22(30)20-16-9-10-17(13-16)21(20)23(29)31;/h5,7-10,14,16-17,20-21H,6,11-13,15H2,1-4H3,(H2,26,27,28);1H. The number of benzene rings is 1. The van der Waals surface area contributed by atoms with Gasteiger partial charge in [0.2, 0.25) is 11.8 Å². The highest BCUT2D eigenvalue weighted by Crippen LogP contribution is 2.52. The van der Waals surface area contributed by atoms with Crippen molar-refractivity contribution in [1.29, 1.82) is 0 Å². The van der Waals surface area contributed by atoms with E-state index in [2.05, 4.69) is 53.8 Å². The summed E-state index contributed by atoms with van der Waals surface area (Å²) in [7, 11) is 3.41. The molecule has 2 amide bonds. The molecule has 33 heavy (non-hydrogen) atoms. The van der Waals surface area contributed by atoms with Crippen molar-refractivity contribution in [3.8, 4) is 5.75 Å².